The lowest BCUT2D eigenvalue weighted by Gasteiger charge is -2.23. The Bertz CT molecular complexity index is 469. The van der Waals surface area contributed by atoms with Gasteiger partial charge in [-0.2, -0.15) is 0 Å². The van der Waals surface area contributed by atoms with Crippen LogP contribution in [0, 0.1) is 12.0 Å². The van der Waals surface area contributed by atoms with E-state index in [-0.39, 0.29) is 5.97 Å². The standard InChI is InChI=1S/C16H22NO2/c1-12(10-11-16(2,3)15(18)19-5)13-6-8-14(17-4)9-7-13/h4,6-9,12H,10-11H2,1-3,5H3/q+1. The lowest BCUT2D eigenvalue weighted by molar-refractivity contribution is -0.151. The Kier molecular flexibility index (Phi) is 5.11. The fourth-order valence-electron chi connectivity index (χ4n) is 2.01. The van der Waals surface area contributed by atoms with Crippen LogP contribution >= 0.6 is 0 Å². The smallest absolute Gasteiger partial charge is 0.339 e. The molecular weight excluding hydrogens is 238 g/mol. The molecule has 0 N–H and O–H groups in total. The highest BCUT2D eigenvalue weighted by atomic mass is 16.5. The van der Waals surface area contributed by atoms with E-state index in [4.69, 9.17) is 11.3 Å². The Balaban J connectivity index is 2.62. The normalized spacial score (nSPS) is 12.6. The summed E-state index contributed by atoms with van der Waals surface area (Å²) in [7, 11) is 1.43. The molecular formula is C16H22NO2+. The third-order valence-corrected chi connectivity index (χ3v) is 3.55. The first-order valence-corrected chi connectivity index (χ1v) is 6.50. The molecule has 1 atom stereocenters. The van der Waals surface area contributed by atoms with Gasteiger partial charge in [0.2, 0.25) is 0 Å². The second-order valence-electron chi connectivity index (χ2n) is 5.54. The van der Waals surface area contributed by atoms with E-state index in [1.54, 1.807) is 0 Å². The molecule has 1 aromatic rings. The molecule has 3 heteroatoms. The number of esters is 1. The molecule has 102 valence electrons. The molecule has 0 saturated carbocycles. The molecule has 1 unspecified atom stereocenters. The van der Waals surface area contributed by atoms with E-state index in [0.29, 0.717) is 5.92 Å². The molecule has 0 fully saturated rings. The molecule has 3 nitrogen and oxygen atoms in total. The topological polar surface area (TPSA) is 30.7 Å². The van der Waals surface area contributed by atoms with Crippen molar-refractivity contribution < 1.29 is 9.53 Å². The Morgan fingerprint density at radius 3 is 2.42 bits per heavy atom. The van der Waals surface area contributed by atoms with Crippen molar-refractivity contribution in [2.75, 3.05) is 7.11 Å². The fourth-order valence-corrected chi connectivity index (χ4v) is 2.01. The summed E-state index contributed by atoms with van der Waals surface area (Å²) in [6.07, 6.45) is 1.73. The van der Waals surface area contributed by atoms with Crippen molar-refractivity contribution >= 4 is 11.7 Å². The van der Waals surface area contributed by atoms with E-state index in [1.165, 1.54) is 12.7 Å². The maximum Gasteiger partial charge on any atom is 0.339 e. The van der Waals surface area contributed by atoms with Crippen molar-refractivity contribution in [1.82, 2.24) is 0 Å². The van der Waals surface area contributed by atoms with Gasteiger partial charge in [-0.25, -0.2) is 0 Å². The lowest BCUT2D eigenvalue weighted by atomic mass is 9.83. The van der Waals surface area contributed by atoms with E-state index in [9.17, 15) is 4.79 Å². The molecule has 0 spiro atoms. The summed E-state index contributed by atoms with van der Waals surface area (Å²) in [5.74, 6) is 0.229. The summed E-state index contributed by atoms with van der Waals surface area (Å²) in [5.41, 5.74) is 1.56. The zero-order valence-electron chi connectivity index (χ0n) is 12.1. The number of benzene rings is 1. The van der Waals surface area contributed by atoms with Gasteiger partial charge in [-0.3, -0.25) is 4.79 Å². The van der Waals surface area contributed by atoms with Crippen molar-refractivity contribution in [2.24, 2.45) is 5.41 Å². The van der Waals surface area contributed by atoms with Gasteiger partial charge in [0.15, 0.2) is 0 Å². The monoisotopic (exact) mass is 260 g/mol. The number of carbonyl (C=O) groups excluding carboxylic acids is 1. The fraction of sp³-hybridized carbons (Fsp3) is 0.500. The number of hydrogen-bond donors (Lipinski definition) is 0. The molecule has 0 aliphatic rings. The van der Waals surface area contributed by atoms with Crippen LogP contribution < -0.4 is 0 Å². The van der Waals surface area contributed by atoms with Crippen LogP contribution in [0.2, 0.25) is 0 Å². The molecule has 0 heterocycles. The van der Waals surface area contributed by atoms with E-state index < -0.39 is 5.41 Å². The zero-order chi connectivity index (χ0) is 14.5. The maximum atomic E-state index is 11.6. The van der Waals surface area contributed by atoms with Crippen LogP contribution in [0.15, 0.2) is 24.3 Å². The number of nitrogens with zero attached hydrogens (tertiary/aromatic N) is 1. The van der Waals surface area contributed by atoms with Crippen LogP contribution in [0.5, 0.6) is 0 Å². The average molecular weight is 260 g/mol. The second-order valence-corrected chi connectivity index (χ2v) is 5.54. The summed E-state index contributed by atoms with van der Waals surface area (Å²) in [6, 6.07) is 7.86. The predicted octanol–water partition coefficient (Wildman–Crippen LogP) is 4.36. The largest absolute Gasteiger partial charge is 0.469 e. The number of ether oxygens (including phenoxy) is 1. The average Bonchev–Trinajstić information content (AvgIpc) is 2.43. The lowest BCUT2D eigenvalue weighted by Crippen LogP contribution is -2.25. The first-order valence-electron chi connectivity index (χ1n) is 6.50. The number of methoxy groups -OCH3 is 1. The van der Waals surface area contributed by atoms with E-state index in [0.717, 1.165) is 18.5 Å². The highest BCUT2D eigenvalue weighted by Crippen LogP contribution is 2.30. The van der Waals surface area contributed by atoms with Gasteiger partial charge >= 0.3 is 11.7 Å². The SMILES string of the molecule is C#[N+]c1ccc(C(C)CCC(C)(C)C(=O)OC)cc1. The van der Waals surface area contributed by atoms with Gasteiger partial charge in [0.05, 0.1) is 12.5 Å². The van der Waals surface area contributed by atoms with Gasteiger partial charge in [-0.15, -0.1) is 0 Å². The molecule has 0 aliphatic heterocycles. The Morgan fingerprint density at radius 1 is 1.37 bits per heavy atom. The third kappa shape index (κ3) is 4.10. The van der Waals surface area contributed by atoms with Crippen molar-refractivity contribution in [3.8, 4) is 6.57 Å². The molecule has 19 heavy (non-hydrogen) atoms. The molecule has 0 aliphatic carbocycles. The third-order valence-electron chi connectivity index (χ3n) is 3.55. The molecule has 0 amide bonds. The second kappa shape index (κ2) is 6.38. The maximum absolute atomic E-state index is 11.6. The first-order chi connectivity index (χ1) is 8.90. The van der Waals surface area contributed by atoms with Gasteiger partial charge in [-0.05, 0) is 43.0 Å². The number of rotatable bonds is 5. The number of carbonyl (C=O) groups is 1. The van der Waals surface area contributed by atoms with Gasteiger partial charge in [-0.1, -0.05) is 19.1 Å². The van der Waals surface area contributed by atoms with E-state index >= 15 is 0 Å². The Hall–Kier alpha value is -1.82. The van der Waals surface area contributed by atoms with Crippen molar-refractivity contribution in [1.29, 1.82) is 0 Å². The minimum absolute atomic E-state index is 0.156. The van der Waals surface area contributed by atoms with Crippen molar-refractivity contribution in [3.05, 3.63) is 34.7 Å². The minimum atomic E-state index is -0.435. The van der Waals surface area contributed by atoms with Crippen LogP contribution in [0.3, 0.4) is 0 Å². The van der Waals surface area contributed by atoms with Crippen LogP contribution in [0.4, 0.5) is 5.69 Å². The first kappa shape index (κ1) is 15.2. The van der Waals surface area contributed by atoms with Gasteiger partial charge in [0.1, 0.15) is 0 Å². The van der Waals surface area contributed by atoms with Crippen molar-refractivity contribution in [2.45, 2.75) is 39.5 Å². The van der Waals surface area contributed by atoms with Crippen LogP contribution in [-0.2, 0) is 9.53 Å². The molecule has 0 saturated heterocycles. The quantitative estimate of drug-likeness (QED) is 0.736. The van der Waals surface area contributed by atoms with Gasteiger partial charge < -0.3 is 4.74 Å². The van der Waals surface area contributed by atoms with E-state index in [2.05, 4.69) is 11.8 Å². The summed E-state index contributed by atoms with van der Waals surface area (Å²) in [6.45, 7) is 11.2. The highest BCUT2D eigenvalue weighted by Gasteiger charge is 2.28. The van der Waals surface area contributed by atoms with Gasteiger partial charge in [0, 0.05) is 12.1 Å². The van der Waals surface area contributed by atoms with E-state index in [1.807, 2.05) is 38.1 Å². The molecule has 0 aromatic heterocycles. The molecule has 0 radical (unpaired) electrons. The summed E-state index contributed by atoms with van der Waals surface area (Å²) >= 11 is 0. The summed E-state index contributed by atoms with van der Waals surface area (Å²) in [5, 5.41) is 0. The predicted molar refractivity (Wildman–Crippen MR) is 77.9 cm³/mol. The minimum Gasteiger partial charge on any atom is -0.469 e. The molecule has 1 rings (SSSR count). The molecule has 0 bridgehead atoms. The van der Waals surface area contributed by atoms with Gasteiger partial charge in [0.25, 0.3) is 6.57 Å². The Morgan fingerprint density at radius 2 is 1.95 bits per heavy atom. The van der Waals surface area contributed by atoms with Crippen LogP contribution in [0.1, 0.15) is 45.1 Å². The summed E-state index contributed by atoms with van der Waals surface area (Å²) in [4.78, 5) is 15.2. The molecule has 1 aromatic carbocycles. The highest BCUT2D eigenvalue weighted by molar-refractivity contribution is 5.75. The number of hydrogen-bond acceptors (Lipinski definition) is 2. The van der Waals surface area contributed by atoms with Crippen LogP contribution in [-0.4, -0.2) is 13.1 Å². The van der Waals surface area contributed by atoms with Crippen molar-refractivity contribution in [3.63, 3.8) is 0 Å². The summed E-state index contributed by atoms with van der Waals surface area (Å²) < 4.78 is 4.82. The van der Waals surface area contributed by atoms with Crippen LogP contribution in [0.25, 0.3) is 4.85 Å². The zero-order valence-corrected chi connectivity index (χ0v) is 12.1. The Labute approximate surface area is 115 Å².